The van der Waals surface area contributed by atoms with Crippen LogP contribution in [0.5, 0.6) is 5.75 Å². The molecule has 0 amide bonds. The second-order valence-corrected chi connectivity index (χ2v) is 5.50. The van der Waals surface area contributed by atoms with Gasteiger partial charge in [0.15, 0.2) is 4.90 Å². The van der Waals surface area contributed by atoms with Crippen molar-refractivity contribution in [2.45, 2.75) is 9.79 Å². The zero-order valence-corrected chi connectivity index (χ0v) is 9.16. The van der Waals surface area contributed by atoms with Gasteiger partial charge in [-0.2, -0.15) is 16.8 Å². The summed E-state index contributed by atoms with van der Waals surface area (Å²) in [7, 11) is -10.0. The SMILES string of the molecule is Nc1ccc(O)c(S(=O)(=O)O)c1S(=O)(=O)O. The normalized spacial score (nSPS) is 12.6. The Morgan fingerprint density at radius 1 is 0.938 bits per heavy atom. The van der Waals surface area contributed by atoms with Gasteiger partial charge in [0.05, 0.1) is 5.69 Å². The molecule has 8 nitrogen and oxygen atoms in total. The molecule has 0 unspecified atom stereocenters. The fourth-order valence-corrected chi connectivity index (χ4v) is 3.10. The summed E-state index contributed by atoms with van der Waals surface area (Å²) in [6, 6.07) is 1.64. The van der Waals surface area contributed by atoms with Crippen molar-refractivity contribution in [2.75, 3.05) is 5.73 Å². The summed E-state index contributed by atoms with van der Waals surface area (Å²) < 4.78 is 60.9. The van der Waals surface area contributed by atoms with Crippen LogP contribution in [0.4, 0.5) is 5.69 Å². The molecule has 0 aliphatic heterocycles. The molecule has 0 saturated carbocycles. The molecule has 0 saturated heterocycles. The van der Waals surface area contributed by atoms with Crippen molar-refractivity contribution in [3.63, 3.8) is 0 Å². The van der Waals surface area contributed by atoms with Crippen LogP contribution in [0, 0.1) is 0 Å². The summed E-state index contributed by atoms with van der Waals surface area (Å²) in [5, 5.41) is 9.14. The molecule has 0 aliphatic rings. The van der Waals surface area contributed by atoms with Crippen LogP contribution in [0.3, 0.4) is 0 Å². The van der Waals surface area contributed by atoms with Gasteiger partial charge < -0.3 is 10.8 Å². The molecule has 0 aromatic heterocycles. The van der Waals surface area contributed by atoms with Gasteiger partial charge in [-0.05, 0) is 12.1 Å². The first-order valence-electron chi connectivity index (χ1n) is 3.61. The van der Waals surface area contributed by atoms with Crippen LogP contribution in [-0.4, -0.2) is 31.0 Å². The van der Waals surface area contributed by atoms with Crippen molar-refractivity contribution < 1.29 is 31.0 Å². The average molecular weight is 269 g/mol. The summed E-state index contributed by atoms with van der Waals surface area (Å²) in [4.78, 5) is -2.61. The molecule has 5 N–H and O–H groups in total. The summed E-state index contributed by atoms with van der Waals surface area (Å²) in [5.74, 6) is -1.04. The minimum atomic E-state index is -5.04. The molecular formula is C6H7NO7S2. The number of phenolic OH excluding ortho intramolecular Hbond substituents is 1. The van der Waals surface area contributed by atoms with E-state index in [0.717, 1.165) is 12.1 Å². The van der Waals surface area contributed by atoms with Gasteiger partial charge in [-0.15, -0.1) is 0 Å². The Kier molecular flexibility index (Phi) is 2.85. The lowest BCUT2D eigenvalue weighted by Crippen LogP contribution is -2.11. The standard InChI is InChI=1S/C6H7NO7S2/c7-3-1-2-4(8)6(16(12,13)14)5(3)15(9,10)11/h1-2,8H,7H2,(H,9,10,11)(H,12,13,14). The minimum absolute atomic E-state index is 0.618. The van der Waals surface area contributed by atoms with Crippen LogP contribution in [0.1, 0.15) is 0 Å². The predicted molar refractivity (Wildman–Crippen MR) is 52.1 cm³/mol. The van der Waals surface area contributed by atoms with Gasteiger partial charge in [-0.25, -0.2) is 0 Å². The number of nitrogens with two attached hydrogens (primary N) is 1. The first-order chi connectivity index (χ1) is 7.05. The Morgan fingerprint density at radius 2 is 1.38 bits per heavy atom. The summed E-state index contributed by atoms with van der Waals surface area (Å²) in [6.07, 6.45) is 0. The molecule has 0 spiro atoms. The van der Waals surface area contributed by atoms with Crippen molar-refractivity contribution in [3.8, 4) is 5.75 Å². The highest BCUT2D eigenvalue weighted by Gasteiger charge is 2.29. The minimum Gasteiger partial charge on any atom is -0.506 e. The zero-order valence-electron chi connectivity index (χ0n) is 7.52. The highest BCUT2D eigenvalue weighted by Crippen LogP contribution is 2.33. The summed E-state index contributed by atoms with van der Waals surface area (Å²) in [6.45, 7) is 0. The highest BCUT2D eigenvalue weighted by atomic mass is 32.2. The third-order valence-electron chi connectivity index (χ3n) is 1.64. The van der Waals surface area contributed by atoms with Crippen molar-refractivity contribution in [1.29, 1.82) is 0 Å². The third-order valence-corrected chi connectivity index (χ3v) is 3.65. The smallest absolute Gasteiger partial charge is 0.299 e. The largest absolute Gasteiger partial charge is 0.506 e. The van der Waals surface area contributed by atoms with Crippen molar-refractivity contribution >= 4 is 25.9 Å². The summed E-state index contributed by atoms with van der Waals surface area (Å²) in [5.41, 5.74) is 4.53. The van der Waals surface area contributed by atoms with Crippen LogP contribution in [0.25, 0.3) is 0 Å². The number of aromatic hydroxyl groups is 1. The van der Waals surface area contributed by atoms with E-state index in [0.29, 0.717) is 0 Å². The molecule has 0 bridgehead atoms. The monoisotopic (exact) mass is 269 g/mol. The topological polar surface area (TPSA) is 155 Å². The van der Waals surface area contributed by atoms with Gasteiger partial charge in [0, 0.05) is 0 Å². The second-order valence-electron chi connectivity index (χ2n) is 2.78. The Hall–Kier alpha value is -1.36. The van der Waals surface area contributed by atoms with Crippen LogP contribution >= 0.6 is 0 Å². The van der Waals surface area contributed by atoms with Gasteiger partial charge >= 0.3 is 0 Å². The molecule has 10 heteroatoms. The Balaban J connectivity index is 3.93. The number of benzene rings is 1. The van der Waals surface area contributed by atoms with E-state index in [-0.39, 0.29) is 0 Å². The molecule has 1 aromatic carbocycles. The Morgan fingerprint density at radius 3 is 1.69 bits per heavy atom. The van der Waals surface area contributed by atoms with E-state index in [4.69, 9.17) is 19.9 Å². The fourth-order valence-electron chi connectivity index (χ4n) is 1.08. The molecule has 90 valence electrons. The first-order valence-corrected chi connectivity index (χ1v) is 6.49. The third kappa shape index (κ3) is 2.24. The molecule has 1 aromatic rings. The number of nitrogen functional groups attached to an aromatic ring is 1. The van der Waals surface area contributed by atoms with Crippen LogP contribution < -0.4 is 5.73 Å². The quantitative estimate of drug-likeness (QED) is 0.317. The number of phenols is 1. The van der Waals surface area contributed by atoms with Gasteiger partial charge in [0.25, 0.3) is 20.2 Å². The van der Waals surface area contributed by atoms with E-state index < -0.39 is 41.5 Å². The number of anilines is 1. The molecule has 0 heterocycles. The maximum absolute atomic E-state index is 10.9. The molecule has 0 radical (unpaired) electrons. The lowest BCUT2D eigenvalue weighted by molar-refractivity contribution is 0.431. The van der Waals surface area contributed by atoms with Gasteiger partial charge in [-0.3, -0.25) is 9.11 Å². The van der Waals surface area contributed by atoms with Gasteiger partial charge in [0.1, 0.15) is 10.6 Å². The zero-order chi connectivity index (χ0) is 12.7. The van der Waals surface area contributed by atoms with E-state index in [9.17, 15) is 16.8 Å². The highest BCUT2D eigenvalue weighted by molar-refractivity contribution is 7.89. The molecule has 16 heavy (non-hydrogen) atoms. The number of rotatable bonds is 2. The van der Waals surface area contributed by atoms with Crippen LogP contribution in [0.15, 0.2) is 21.9 Å². The van der Waals surface area contributed by atoms with E-state index in [1.54, 1.807) is 0 Å². The van der Waals surface area contributed by atoms with Crippen molar-refractivity contribution in [2.24, 2.45) is 0 Å². The summed E-state index contributed by atoms with van der Waals surface area (Å²) >= 11 is 0. The first kappa shape index (κ1) is 12.7. The maximum Gasteiger partial charge on any atom is 0.299 e. The average Bonchev–Trinajstić information content (AvgIpc) is 2.04. The fraction of sp³-hybridized carbons (Fsp3) is 0. The molecule has 0 atom stereocenters. The maximum atomic E-state index is 10.9. The van der Waals surface area contributed by atoms with E-state index in [2.05, 4.69) is 0 Å². The van der Waals surface area contributed by atoms with Crippen molar-refractivity contribution in [1.82, 2.24) is 0 Å². The van der Waals surface area contributed by atoms with Gasteiger partial charge in [0.2, 0.25) is 0 Å². The van der Waals surface area contributed by atoms with Crippen molar-refractivity contribution in [3.05, 3.63) is 12.1 Å². The van der Waals surface area contributed by atoms with Crippen LogP contribution in [0.2, 0.25) is 0 Å². The lowest BCUT2D eigenvalue weighted by atomic mass is 10.3. The van der Waals surface area contributed by atoms with E-state index in [1.165, 1.54) is 0 Å². The predicted octanol–water partition coefficient (Wildman–Crippen LogP) is -0.532. The van der Waals surface area contributed by atoms with E-state index >= 15 is 0 Å². The molecular weight excluding hydrogens is 262 g/mol. The number of hydrogen-bond donors (Lipinski definition) is 4. The number of hydrogen-bond acceptors (Lipinski definition) is 6. The van der Waals surface area contributed by atoms with Gasteiger partial charge in [-0.1, -0.05) is 0 Å². The Bertz CT molecular complexity index is 574. The molecule has 1 rings (SSSR count). The second kappa shape index (κ2) is 3.59. The van der Waals surface area contributed by atoms with Crippen LogP contribution in [-0.2, 0) is 20.2 Å². The Labute approximate surface area is 90.8 Å². The molecule has 0 fully saturated rings. The van der Waals surface area contributed by atoms with E-state index in [1.807, 2.05) is 0 Å². The molecule has 0 aliphatic carbocycles. The lowest BCUT2D eigenvalue weighted by Gasteiger charge is -2.08.